The maximum absolute atomic E-state index is 5.41. The molecule has 100 valence electrons. The lowest BCUT2D eigenvalue weighted by Gasteiger charge is -2.28. The standard InChI is InChI=1S/C14H28N2O/c1-12(9-15-14-3-4-14)10-16(2)11-13-5-7-17-8-6-13/h12-15H,3-11H2,1-2H3. The van der Waals surface area contributed by atoms with Crippen LogP contribution in [0.2, 0.25) is 0 Å². The Kier molecular flexibility index (Phi) is 5.26. The van der Waals surface area contributed by atoms with Gasteiger partial charge < -0.3 is 15.0 Å². The zero-order valence-electron chi connectivity index (χ0n) is 11.5. The molecule has 1 N–H and O–H groups in total. The quantitative estimate of drug-likeness (QED) is 0.733. The highest BCUT2D eigenvalue weighted by Gasteiger charge is 2.21. The van der Waals surface area contributed by atoms with E-state index >= 15 is 0 Å². The summed E-state index contributed by atoms with van der Waals surface area (Å²) >= 11 is 0. The van der Waals surface area contributed by atoms with Crippen molar-refractivity contribution in [2.24, 2.45) is 11.8 Å². The summed E-state index contributed by atoms with van der Waals surface area (Å²) in [5.74, 6) is 1.62. The summed E-state index contributed by atoms with van der Waals surface area (Å²) in [6.45, 7) is 7.95. The Bertz CT molecular complexity index is 212. The third-order valence-electron chi connectivity index (χ3n) is 3.87. The monoisotopic (exact) mass is 240 g/mol. The normalized spacial score (nSPS) is 24.2. The summed E-state index contributed by atoms with van der Waals surface area (Å²) in [6, 6.07) is 0.846. The Hall–Kier alpha value is -0.120. The number of ether oxygens (including phenoxy) is 1. The van der Waals surface area contributed by atoms with Crippen LogP contribution in [-0.2, 0) is 4.74 Å². The maximum atomic E-state index is 5.41. The molecule has 0 bridgehead atoms. The van der Waals surface area contributed by atoms with Gasteiger partial charge in [-0.25, -0.2) is 0 Å². The molecule has 1 saturated carbocycles. The molecule has 17 heavy (non-hydrogen) atoms. The second-order valence-corrected chi connectivity index (χ2v) is 6.06. The Morgan fingerprint density at radius 2 is 1.94 bits per heavy atom. The summed E-state index contributed by atoms with van der Waals surface area (Å²) in [5, 5.41) is 3.62. The summed E-state index contributed by atoms with van der Waals surface area (Å²) in [6.07, 6.45) is 5.29. The van der Waals surface area contributed by atoms with Gasteiger partial charge in [-0.1, -0.05) is 6.92 Å². The van der Waals surface area contributed by atoms with Crippen molar-refractivity contribution >= 4 is 0 Å². The molecule has 1 aliphatic heterocycles. The van der Waals surface area contributed by atoms with Crippen molar-refractivity contribution in [2.45, 2.75) is 38.6 Å². The maximum Gasteiger partial charge on any atom is 0.0469 e. The van der Waals surface area contributed by atoms with Gasteiger partial charge in [-0.15, -0.1) is 0 Å². The largest absolute Gasteiger partial charge is 0.381 e. The van der Waals surface area contributed by atoms with Gasteiger partial charge in [0.2, 0.25) is 0 Å². The van der Waals surface area contributed by atoms with Gasteiger partial charge >= 0.3 is 0 Å². The predicted octanol–water partition coefficient (Wildman–Crippen LogP) is 1.73. The Labute approximate surface area is 106 Å². The molecule has 1 atom stereocenters. The van der Waals surface area contributed by atoms with Crippen molar-refractivity contribution in [1.29, 1.82) is 0 Å². The van der Waals surface area contributed by atoms with Gasteiger partial charge in [0, 0.05) is 32.3 Å². The van der Waals surface area contributed by atoms with E-state index in [1.165, 1.54) is 45.3 Å². The number of hydrogen-bond donors (Lipinski definition) is 1. The van der Waals surface area contributed by atoms with Gasteiger partial charge in [0.15, 0.2) is 0 Å². The van der Waals surface area contributed by atoms with E-state index in [0.717, 1.165) is 31.1 Å². The Morgan fingerprint density at radius 3 is 2.59 bits per heavy atom. The van der Waals surface area contributed by atoms with Crippen LogP contribution in [0.15, 0.2) is 0 Å². The zero-order valence-corrected chi connectivity index (χ0v) is 11.5. The molecular formula is C14H28N2O. The molecule has 0 spiro atoms. The van der Waals surface area contributed by atoms with E-state index in [1.54, 1.807) is 0 Å². The van der Waals surface area contributed by atoms with E-state index in [-0.39, 0.29) is 0 Å². The zero-order chi connectivity index (χ0) is 12.1. The van der Waals surface area contributed by atoms with Crippen LogP contribution in [0.5, 0.6) is 0 Å². The average Bonchev–Trinajstić information content (AvgIpc) is 3.11. The lowest BCUT2D eigenvalue weighted by atomic mass is 9.99. The number of hydrogen-bond acceptors (Lipinski definition) is 3. The second-order valence-electron chi connectivity index (χ2n) is 6.06. The lowest BCUT2D eigenvalue weighted by molar-refractivity contribution is 0.0543. The minimum Gasteiger partial charge on any atom is -0.381 e. The molecule has 1 heterocycles. The summed E-state index contributed by atoms with van der Waals surface area (Å²) in [5.41, 5.74) is 0. The highest BCUT2D eigenvalue weighted by Crippen LogP contribution is 2.19. The summed E-state index contributed by atoms with van der Waals surface area (Å²) in [4.78, 5) is 2.51. The number of rotatable bonds is 7. The molecule has 1 unspecified atom stereocenters. The lowest BCUT2D eigenvalue weighted by Crippen LogP contribution is -2.35. The average molecular weight is 240 g/mol. The first-order valence-electron chi connectivity index (χ1n) is 7.23. The third-order valence-corrected chi connectivity index (χ3v) is 3.87. The molecule has 2 aliphatic rings. The molecule has 0 aromatic rings. The fraction of sp³-hybridized carbons (Fsp3) is 1.00. The molecule has 0 amide bonds. The first kappa shape index (κ1) is 13.3. The van der Waals surface area contributed by atoms with Crippen LogP contribution in [-0.4, -0.2) is 50.8 Å². The molecule has 0 aromatic heterocycles. The van der Waals surface area contributed by atoms with Gasteiger partial charge in [-0.05, 0) is 51.1 Å². The molecule has 0 aromatic carbocycles. The first-order valence-corrected chi connectivity index (χ1v) is 7.23. The van der Waals surface area contributed by atoms with Crippen LogP contribution >= 0.6 is 0 Å². The van der Waals surface area contributed by atoms with E-state index in [4.69, 9.17) is 4.74 Å². The van der Waals surface area contributed by atoms with Crippen molar-refractivity contribution in [3.8, 4) is 0 Å². The molecule has 1 saturated heterocycles. The summed E-state index contributed by atoms with van der Waals surface area (Å²) < 4.78 is 5.41. The smallest absolute Gasteiger partial charge is 0.0469 e. The van der Waals surface area contributed by atoms with Crippen molar-refractivity contribution < 1.29 is 4.74 Å². The molecule has 3 nitrogen and oxygen atoms in total. The number of nitrogens with zero attached hydrogens (tertiary/aromatic N) is 1. The van der Waals surface area contributed by atoms with Crippen LogP contribution in [0, 0.1) is 11.8 Å². The fourth-order valence-electron chi connectivity index (χ4n) is 2.70. The van der Waals surface area contributed by atoms with Crippen molar-refractivity contribution in [1.82, 2.24) is 10.2 Å². The second kappa shape index (κ2) is 6.72. The predicted molar refractivity (Wildman–Crippen MR) is 71.2 cm³/mol. The van der Waals surface area contributed by atoms with Gasteiger partial charge in [-0.2, -0.15) is 0 Å². The van der Waals surface area contributed by atoms with Gasteiger partial charge in [-0.3, -0.25) is 0 Å². The topological polar surface area (TPSA) is 24.5 Å². The Morgan fingerprint density at radius 1 is 1.24 bits per heavy atom. The van der Waals surface area contributed by atoms with Crippen LogP contribution < -0.4 is 5.32 Å². The minimum absolute atomic E-state index is 0.764. The van der Waals surface area contributed by atoms with Crippen molar-refractivity contribution in [3.63, 3.8) is 0 Å². The van der Waals surface area contributed by atoms with E-state index in [1.807, 2.05) is 0 Å². The fourth-order valence-corrected chi connectivity index (χ4v) is 2.70. The molecule has 1 aliphatic carbocycles. The van der Waals surface area contributed by atoms with Gasteiger partial charge in [0.25, 0.3) is 0 Å². The van der Waals surface area contributed by atoms with E-state index in [2.05, 4.69) is 24.2 Å². The molecule has 2 fully saturated rings. The van der Waals surface area contributed by atoms with Gasteiger partial charge in [0.1, 0.15) is 0 Å². The third kappa shape index (κ3) is 5.36. The SMILES string of the molecule is CC(CNC1CC1)CN(C)CC1CCOCC1. The van der Waals surface area contributed by atoms with Crippen LogP contribution in [0.3, 0.4) is 0 Å². The van der Waals surface area contributed by atoms with Crippen LogP contribution in [0.1, 0.15) is 32.6 Å². The van der Waals surface area contributed by atoms with Crippen molar-refractivity contribution in [2.75, 3.05) is 39.9 Å². The van der Waals surface area contributed by atoms with Crippen LogP contribution in [0.25, 0.3) is 0 Å². The number of nitrogens with one attached hydrogen (secondary N) is 1. The Balaban J connectivity index is 1.56. The van der Waals surface area contributed by atoms with Gasteiger partial charge in [0.05, 0.1) is 0 Å². The van der Waals surface area contributed by atoms with E-state index < -0.39 is 0 Å². The highest BCUT2D eigenvalue weighted by atomic mass is 16.5. The molecule has 0 radical (unpaired) electrons. The highest BCUT2D eigenvalue weighted by molar-refractivity contribution is 4.81. The molecule has 2 rings (SSSR count). The van der Waals surface area contributed by atoms with Crippen molar-refractivity contribution in [3.05, 3.63) is 0 Å². The van der Waals surface area contributed by atoms with E-state index in [0.29, 0.717) is 0 Å². The van der Waals surface area contributed by atoms with Crippen LogP contribution in [0.4, 0.5) is 0 Å². The minimum atomic E-state index is 0.764. The molecule has 3 heteroatoms. The van der Waals surface area contributed by atoms with E-state index in [9.17, 15) is 0 Å². The summed E-state index contributed by atoms with van der Waals surface area (Å²) in [7, 11) is 2.27. The first-order chi connectivity index (χ1) is 8.24. The molecular weight excluding hydrogens is 212 g/mol.